The molecular formula is C16H15BrN2O3S. The molecule has 23 heavy (non-hydrogen) atoms. The van der Waals surface area contributed by atoms with Gasteiger partial charge < -0.3 is 14.8 Å². The fraction of sp³-hybridized carbons (Fsp3) is 0.250. The van der Waals surface area contributed by atoms with Crippen LogP contribution in [0.1, 0.15) is 27.7 Å². The Labute approximate surface area is 147 Å². The van der Waals surface area contributed by atoms with Crippen LogP contribution in [0.2, 0.25) is 0 Å². The Hall–Kier alpha value is -2.04. The number of hydrogen-bond acceptors (Lipinski definition) is 5. The van der Waals surface area contributed by atoms with Crippen molar-refractivity contribution in [2.75, 3.05) is 19.5 Å². The molecule has 0 saturated carbocycles. The first-order chi connectivity index (χ1) is 11.0. The minimum Gasteiger partial charge on any atom is -0.495 e. The lowest BCUT2D eigenvalue weighted by molar-refractivity contribution is 0.102. The number of ether oxygens (including phenoxy) is 2. The van der Waals surface area contributed by atoms with Gasteiger partial charge in [-0.05, 0) is 40.5 Å². The normalized spacial score (nSPS) is 10.0. The maximum Gasteiger partial charge on any atom is 0.256 e. The highest BCUT2D eigenvalue weighted by Gasteiger charge is 2.17. The summed E-state index contributed by atoms with van der Waals surface area (Å²) in [5, 5.41) is 12.5. The van der Waals surface area contributed by atoms with Gasteiger partial charge in [0, 0.05) is 10.4 Å². The largest absolute Gasteiger partial charge is 0.495 e. The zero-order valence-corrected chi connectivity index (χ0v) is 15.3. The first kappa shape index (κ1) is 17.3. The molecule has 0 spiro atoms. The number of rotatable bonds is 5. The molecule has 5 nitrogen and oxygen atoms in total. The standard InChI is InChI=1S/C16H15BrN2O3S/c1-4-11-5-10(8-18)16(23-11)19-15(20)9-6-12(21-2)14(17)13(7-9)22-3/h5-7H,4H2,1-3H3,(H,19,20). The molecule has 0 saturated heterocycles. The first-order valence-electron chi connectivity index (χ1n) is 6.79. The van der Waals surface area contributed by atoms with Gasteiger partial charge >= 0.3 is 0 Å². The van der Waals surface area contributed by atoms with E-state index in [0.29, 0.717) is 32.1 Å². The van der Waals surface area contributed by atoms with Gasteiger partial charge in [0.15, 0.2) is 0 Å². The Morgan fingerprint density at radius 2 is 1.91 bits per heavy atom. The molecule has 1 N–H and O–H groups in total. The molecule has 0 aliphatic rings. The van der Waals surface area contributed by atoms with Gasteiger partial charge in [0.05, 0.1) is 19.8 Å². The number of carbonyl (C=O) groups excluding carboxylic acids is 1. The molecule has 0 aliphatic carbocycles. The summed E-state index contributed by atoms with van der Waals surface area (Å²) in [5.74, 6) is 0.668. The highest BCUT2D eigenvalue weighted by molar-refractivity contribution is 9.10. The molecule has 7 heteroatoms. The number of halogens is 1. The van der Waals surface area contributed by atoms with E-state index in [1.165, 1.54) is 25.6 Å². The van der Waals surface area contributed by atoms with Crippen LogP contribution >= 0.6 is 27.3 Å². The van der Waals surface area contributed by atoms with Crippen molar-refractivity contribution in [1.82, 2.24) is 0 Å². The molecule has 0 unspecified atom stereocenters. The molecule has 1 aromatic carbocycles. The van der Waals surface area contributed by atoms with Crippen molar-refractivity contribution in [2.24, 2.45) is 0 Å². The SMILES string of the molecule is CCc1cc(C#N)c(NC(=O)c2cc(OC)c(Br)c(OC)c2)s1. The summed E-state index contributed by atoms with van der Waals surface area (Å²) in [6.07, 6.45) is 0.815. The van der Waals surface area contributed by atoms with Gasteiger partial charge in [-0.2, -0.15) is 5.26 Å². The van der Waals surface area contributed by atoms with E-state index in [1.807, 2.05) is 6.92 Å². The molecule has 2 aromatic rings. The predicted molar refractivity (Wildman–Crippen MR) is 93.6 cm³/mol. The van der Waals surface area contributed by atoms with Crippen molar-refractivity contribution in [2.45, 2.75) is 13.3 Å². The Balaban J connectivity index is 2.35. The molecule has 2 rings (SSSR count). The van der Waals surface area contributed by atoms with Gasteiger partial charge in [0.2, 0.25) is 0 Å². The summed E-state index contributed by atoms with van der Waals surface area (Å²) in [7, 11) is 3.03. The molecule has 0 radical (unpaired) electrons. The van der Waals surface area contributed by atoms with Gasteiger partial charge in [-0.3, -0.25) is 4.79 Å². The Morgan fingerprint density at radius 3 is 2.39 bits per heavy atom. The smallest absolute Gasteiger partial charge is 0.256 e. The summed E-state index contributed by atoms with van der Waals surface area (Å²) in [4.78, 5) is 13.5. The van der Waals surface area contributed by atoms with E-state index in [0.717, 1.165) is 11.3 Å². The van der Waals surface area contributed by atoms with Gasteiger partial charge in [-0.15, -0.1) is 11.3 Å². The maximum atomic E-state index is 12.5. The van der Waals surface area contributed by atoms with Crippen molar-refractivity contribution in [1.29, 1.82) is 5.26 Å². The number of nitrogens with zero attached hydrogens (tertiary/aromatic N) is 1. The third-order valence-corrected chi connectivity index (χ3v) is 5.16. The van der Waals surface area contributed by atoms with E-state index in [9.17, 15) is 10.1 Å². The number of benzene rings is 1. The quantitative estimate of drug-likeness (QED) is 0.823. The molecule has 1 heterocycles. The van der Waals surface area contributed by atoms with Crippen molar-refractivity contribution >= 4 is 38.2 Å². The molecule has 0 aliphatic heterocycles. The van der Waals surface area contributed by atoms with Crippen molar-refractivity contribution < 1.29 is 14.3 Å². The maximum absolute atomic E-state index is 12.5. The van der Waals surface area contributed by atoms with E-state index < -0.39 is 0 Å². The van der Waals surface area contributed by atoms with Crippen LogP contribution in [0.4, 0.5) is 5.00 Å². The highest BCUT2D eigenvalue weighted by Crippen LogP contribution is 2.36. The summed E-state index contributed by atoms with van der Waals surface area (Å²) in [5.41, 5.74) is 0.855. The van der Waals surface area contributed by atoms with Crippen LogP contribution in [-0.4, -0.2) is 20.1 Å². The molecule has 1 aromatic heterocycles. The van der Waals surface area contributed by atoms with E-state index in [4.69, 9.17) is 9.47 Å². The van der Waals surface area contributed by atoms with Gasteiger partial charge in [-0.25, -0.2) is 0 Å². The lowest BCUT2D eigenvalue weighted by atomic mass is 10.2. The Bertz CT molecular complexity index is 755. The molecule has 0 fully saturated rings. The summed E-state index contributed by atoms with van der Waals surface area (Å²) >= 11 is 4.77. The number of nitriles is 1. The van der Waals surface area contributed by atoms with Crippen LogP contribution in [0.15, 0.2) is 22.7 Å². The first-order valence-corrected chi connectivity index (χ1v) is 8.40. The number of amides is 1. The lowest BCUT2D eigenvalue weighted by Gasteiger charge is -2.11. The molecule has 0 bridgehead atoms. The van der Waals surface area contributed by atoms with Crippen LogP contribution in [0.3, 0.4) is 0 Å². The number of methoxy groups -OCH3 is 2. The highest BCUT2D eigenvalue weighted by atomic mass is 79.9. The van der Waals surface area contributed by atoms with Crippen LogP contribution in [0, 0.1) is 11.3 Å². The van der Waals surface area contributed by atoms with E-state index in [2.05, 4.69) is 27.3 Å². The van der Waals surface area contributed by atoms with Gasteiger partial charge in [-0.1, -0.05) is 6.92 Å². The number of thiophene rings is 1. The molecular weight excluding hydrogens is 380 g/mol. The average Bonchev–Trinajstić information content (AvgIpc) is 2.97. The van der Waals surface area contributed by atoms with Crippen molar-refractivity contribution in [3.63, 3.8) is 0 Å². The predicted octanol–water partition coefficient (Wildman–Crippen LogP) is 4.21. The van der Waals surface area contributed by atoms with Gasteiger partial charge in [0.25, 0.3) is 5.91 Å². The number of nitrogens with one attached hydrogen (secondary N) is 1. The number of carbonyl (C=O) groups is 1. The second-order valence-electron chi connectivity index (χ2n) is 4.57. The average molecular weight is 395 g/mol. The van der Waals surface area contributed by atoms with E-state index in [1.54, 1.807) is 18.2 Å². The number of aryl methyl sites for hydroxylation is 1. The third-order valence-electron chi connectivity index (χ3n) is 3.19. The zero-order valence-electron chi connectivity index (χ0n) is 12.9. The summed E-state index contributed by atoms with van der Waals surface area (Å²) < 4.78 is 11.1. The van der Waals surface area contributed by atoms with Gasteiger partial charge in [0.1, 0.15) is 27.0 Å². The Morgan fingerprint density at radius 1 is 1.30 bits per heavy atom. The minimum absolute atomic E-state index is 0.324. The Kier molecular flexibility index (Phi) is 5.64. The second-order valence-corrected chi connectivity index (χ2v) is 6.50. The van der Waals surface area contributed by atoms with Crippen LogP contribution in [-0.2, 0) is 6.42 Å². The van der Waals surface area contributed by atoms with E-state index >= 15 is 0 Å². The fourth-order valence-electron chi connectivity index (χ4n) is 1.97. The second kappa shape index (κ2) is 7.49. The minimum atomic E-state index is -0.324. The van der Waals surface area contributed by atoms with Crippen LogP contribution in [0.5, 0.6) is 11.5 Å². The topological polar surface area (TPSA) is 71.4 Å². The van der Waals surface area contributed by atoms with E-state index in [-0.39, 0.29) is 5.91 Å². The van der Waals surface area contributed by atoms with Crippen molar-refractivity contribution in [3.8, 4) is 17.6 Å². The van der Waals surface area contributed by atoms with Crippen LogP contribution in [0.25, 0.3) is 0 Å². The van der Waals surface area contributed by atoms with Crippen molar-refractivity contribution in [3.05, 3.63) is 38.7 Å². The number of anilines is 1. The molecule has 120 valence electrons. The molecule has 1 amide bonds. The number of hydrogen-bond donors (Lipinski definition) is 1. The fourth-order valence-corrected chi connectivity index (χ4v) is 3.46. The van der Waals surface area contributed by atoms with Crippen LogP contribution < -0.4 is 14.8 Å². The zero-order chi connectivity index (χ0) is 17.0. The summed E-state index contributed by atoms with van der Waals surface area (Å²) in [6, 6.07) is 7.12. The lowest BCUT2D eigenvalue weighted by Crippen LogP contribution is -2.12. The monoisotopic (exact) mass is 394 g/mol. The molecule has 0 atom stereocenters. The summed E-state index contributed by atoms with van der Waals surface area (Å²) in [6.45, 7) is 2.00. The third kappa shape index (κ3) is 3.66.